The third-order valence-corrected chi connectivity index (χ3v) is 8.89. The quantitative estimate of drug-likeness (QED) is 0.252. The number of carbonyl (C=O) groups excluding carboxylic acids is 2. The lowest BCUT2D eigenvalue weighted by molar-refractivity contribution is 0.0988. The van der Waals surface area contributed by atoms with Crippen molar-refractivity contribution in [1.82, 2.24) is 0 Å². The van der Waals surface area contributed by atoms with Crippen molar-refractivity contribution in [1.29, 1.82) is 0 Å². The Labute approximate surface area is 204 Å². The van der Waals surface area contributed by atoms with Gasteiger partial charge in [-0.15, -0.1) is 23.5 Å². The number of fused-ring (bicyclic) bond motifs is 1. The van der Waals surface area contributed by atoms with Gasteiger partial charge in [0.05, 0.1) is 9.81 Å². The maximum absolute atomic E-state index is 13.6. The van der Waals surface area contributed by atoms with E-state index in [9.17, 15) is 9.59 Å². The van der Waals surface area contributed by atoms with Crippen LogP contribution in [0.15, 0.2) is 34.1 Å². The Balaban J connectivity index is 2.31. The number of ketones is 2. The predicted molar refractivity (Wildman–Crippen MR) is 143 cm³/mol. The van der Waals surface area contributed by atoms with E-state index in [1.807, 2.05) is 24.3 Å². The van der Waals surface area contributed by atoms with E-state index in [0.717, 1.165) is 25.7 Å². The fourth-order valence-electron chi connectivity index (χ4n) is 4.13. The zero-order valence-electron chi connectivity index (χ0n) is 21.0. The number of carbonyl (C=O) groups is 2. The minimum Gasteiger partial charge on any atom is -0.288 e. The summed E-state index contributed by atoms with van der Waals surface area (Å²) in [5.74, 6) is 0.0484. The van der Waals surface area contributed by atoms with E-state index < -0.39 is 0 Å². The number of allylic oxidation sites excluding steroid dienone is 2. The van der Waals surface area contributed by atoms with Crippen molar-refractivity contribution < 1.29 is 9.59 Å². The molecule has 0 aromatic heterocycles. The molecular formula is C28H42O2S2. The van der Waals surface area contributed by atoms with Crippen LogP contribution in [0.3, 0.4) is 0 Å². The summed E-state index contributed by atoms with van der Waals surface area (Å²) in [5.41, 5.74) is 1.12. The van der Waals surface area contributed by atoms with Gasteiger partial charge in [0.2, 0.25) is 11.6 Å². The largest absolute Gasteiger partial charge is 0.288 e. The van der Waals surface area contributed by atoms with Gasteiger partial charge in [-0.05, 0) is 12.8 Å². The fourth-order valence-corrected chi connectivity index (χ4v) is 6.75. The van der Waals surface area contributed by atoms with Crippen LogP contribution < -0.4 is 0 Å². The molecule has 1 aromatic rings. The molecule has 0 amide bonds. The van der Waals surface area contributed by atoms with Crippen LogP contribution in [-0.4, -0.2) is 21.1 Å². The lowest BCUT2D eigenvalue weighted by atomic mass is 9.94. The molecule has 178 valence electrons. The summed E-state index contributed by atoms with van der Waals surface area (Å²) >= 11 is 3.25. The van der Waals surface area contributed by atoms with Crippen LogP contribution >= 0.6 is 23.5 Å². The Morgan fingerprint density at radius 1 is 0.625 bits per heavy atom. The minimum absolute atomic E-state index is 0.0242. The van der Waals surface area contributed by atoms with Gasteiger partial charge in [0.25, 0.3) is 0 Å². The Morgan fingerprint density at radius 3 is 1.34 bits per heavy atom. The number of Topliss-reactive ketones (excluding diaryl/α,β-unsaturated/α-hetero) is 2. The van der Waals surface area contributed by atoms with E-state index >= 15 is 0 Å². The maximum Gasteiger partial charge on any atom is 0.201 e. The Hall–Kier alpha value is -1.00. The number of thioether (sulfide) groups is 2. The summed E-state index contributed by atoms with van der Waals surface area (Å²) in [4.78, 5) is 28.5. The molecule has 1 aliphatic rings. The molecule has 2 nitrogen and oxygen atoms in total. The summed E-state index contributed by atoms with van der Waals surface area (Å²) < 4.78 is -0.162. The summed E-state index contributed by atoms with van der Waals surface area (Å²) in [6, 6.07) is 7.33. The van der Waals surface area contributed by atoms with Gasteiger partial charge in [-0.2, -0.15) is 0 Å². The van der Waals surface area contributed by atoms with Gasteiger partial charge in [0.1, 0.15) is 0 Å². The number of benzene rings is 1. The van der Waals surface area contributed by atoms with Crippen LogP contribution in [-0.2, 0) is 0 Å². The molecule has 0 aliphatic heterocycles. The third kappa shape index (κ3) is 7.80. The van der Waals surface area contributed by atoms with Gasteiger partial charge in [0.15, 0.2) is 0 Å². The molecule has 32 heavy (non-hydrogen) atoms. The molecule has 4 heteroatoms. The van der Waals surface area contributed by atoms with Crippen molar-refractivity contribution in [3.05, 3.63) is 45.2 Å². The van der Waals surface area contributed by atoms with Crippen molar-refractivity contribution in [2.24, 2.45) is 0 Å². The second kappa shape index (κ2) is 12.5. The minimum atomic E-state index is -0.0810. The average molecular weight is 475 g/mol. The van der Waals surface area contributed by atoms with Crippen molar-refractivity contribution in [2.45, 2.75) is 115 Å². The second-order valence-corrected chi connectivity index (χ2v) is 13.6. The molecule has 0 saturated heterocycles. The van der Waals surface area contributed by atoms with Gasteiger partial charge < -0.3 is 0 Å². The van der Waals surface area contributed by atoms with Crippen LogP contribution in [0.1, 0.15) is 126 Å². The zero-order chi connectivity index (χ0) is 23.8. The number of rotatable bonds is 14. The first-order valence-electron chi connectivity index (χ1n) is 12.4. The normalized spacial score (nSPS) is 14.8. The average Bonchev–Trinajstić information content (AvgIpc) is 2.75. The molecule has 0 radical (unpaired) electrons. The molecule has 1 aliphatic carbocycles. The fraction of sp³-hybridized carbons (Fsp3) is 0.643. The second-order valence-electron chi connectivity index (χ2n) is 10.2. The monoisotopic (exact) mass is 474 g/mol. The Morgan fingerprint density at radius 2 is 1.00 bits per heavy atom. The van der Waals surface area contributed by atoms with E-state index in [2.05, 4.69) is 41.5 Å². The highest BCUT2D eigenvalue weighted by Gasteiger charge is 2.38. The molecule has 0 heterocycles. The van der Waals surface area contributed by atoms with Crippen LogP contribution in [0.4, 0.5) is 0 Å². The molecular weight excluding hydrogens is 432 g/mol. The van der Waals surface area contributed by atoms with Crippen LogP contribution in [0, 0.1) is 0 Å². The molecule has 0 bridgehead atoms. The molecule has 1 aromatic carbocycles. The molecule has 2 rings (SSSR count). The standard InChI is InChI=1S/C28H42O2S2/c1-7-9-11-15-19-27(3,4)31-25-23(29)21-17-13-14-18-22(21)24(30)26(25)32-28(5,6)20-16-12-10-8-2/h13-14,17-18H,7-12,15-16,19-20H2,1-6H3. The maximum atomic E-state index is 13.6. The van der Waals surface area contributed by atoms with E-state index in [-0.39, 0.29) is 21.1 Å². The van der Waals surface area contributed by atoms with Crippen molar-refractivity contribution >= 4 is 35.1 Å². The highest BCUT2D eigenvalue weighted by atomic mass is 32.2. The van der Waals surface area contributed by atoms with E-state index in [0.29, 0.717) is 20.9 Å². The van der Waals surface area contributed by atoms with Crippen molar-refractivity contribution in [3.63, 3.8) is 0 Å². The van der Waals surface area contributed by atoms with Gasteiger partial charge in [-0.3, -0.25) is 9.59 Å². The van der Waals surface area contributed by atoms with Crippen LogP contribution in [0.2, 0.25) is 0 Å². The summed E-state index contributed by atoms with van der Waals surface area (Å²) in [6.45, 7) is 13.3. The summed E-state index contributed by atoms with van der Waals surface area (Å²) in [7, 11) is 0. The number of unbranched alkanes of at least 4 members (excludes halogenated alkanes) is 6. The van der Waals surface area contributed by atoms with E-state index in [4.69, 9.17) is 0 Å². The molecule has 0 fully saturated rings. The SMILES string of the molecule is CCCCCCC(C)(C)SC1=C(SC(C)(C)CCCCCC)C(=O)c2ccccc2C1=O. The topological polar surface area (TPSA) is 34.1 Å². The zero-order valence-corrected chi connectivity index (χ0v) is 22.6. The Kier molecular flexibility index (Phi) is 10.6. The smallest absolute Gasteiger partial charge is 0.201 e. The molecule has 0 atom stereocenters. The Bertz CT molecular complexity index is 753. The molecule has 0 unspecified atom stereocenters. The predicted octanol–water partition coefficient (Wildman–Crippen LogP) is 9.24. The van der Waals surface area contributed by atoms with E-state index in [1.165, 1.54) is 38.5 Å². The first-order chi connectivity index (χ1) is 15.1. The van der Waals surface area contributed by atoms with E-state index in [1.54, 1.807) is 23.5 Å². The van der Waals surface area contributed by atoms with Crippen LogP contribution in [0.25, 0.3) is 0 Å². The lowest BCUT2D eigenvalue weighted by Gasteiger charge is -2.31. The summed E-state index contributed by atoms with van der Waals surface area (Å²) in [6.07, 6.45) is 11.8. The highest BCUT2D eigenvalue weighted by Crippen LogP contribution is 2.48. The van der Waals surface area contributed by atoms with Crippen molar-refractivity contribution in [3.8, 4) is 0 Å². The number of hydrogen-bond donors (Lipinski definition) is 0. The van der Waals surface area contributed by atoms with Gasteiger partial charge in [-0.1, -0.05) is 117 Å². The van der Waals surface area contributed by atoms with Crippen LogP contribution in [0.5, 0.6) is 0 Å². The number of hydrogen-bond acceptors (Lipinski definition) is 4. The summed E-state index contributed by atoms with van der Waals surface area (Å²) in [5, 5.41) is 0. The van der Waals surface area contributed by atoms with Gasteiger partial charge in [0, 0.05) is 20.6 Å². The highest BCUT2D eigenvalue weighted by molar-refractivity contribution is 8.09. The third-order valence-electron chi connectivity index (χ3n) is 6.06. The molecule has 0 spiro atoms. The van der Waals surface area contributed by atoms with Gasteiger partial charge in [-0.25, -0.2) is 0 Å². The van der Waals surface area contributed by atoms with Gasteiger partial charge >= 0.3 is 0 Å². The first kappa shape index (κ1) is 27.2. The molecule has 0 N–H and O–H groups in total. The first-order valence-corrected chi connectivity index (χ1v) is 14.1. The van der Waals surface area contributed by atoms with Crippen molar-refractivity contribution in [2.75, 3.05) is 0 Å². The lowest BCUT2D eigenvalue weighted by Crippen LogP contribution is -2.26. The molecule has 0 saturated carbocycles.